The largest absolute Gasteiger partial charge is 0.426 e. The highest BCUT2D eigenvalue weighted by atomic mass is 32.1. The van der Waals surface area contributed by atoms with Gasteiger partial charge in [0, 0.05) is 42.7 Å². The van der Waals surface area contributed by atoms with Crippen LogP contribution in [0.1, 0.15) is 92.0 Å². The zero-order valence-corrected chi connectivity index (χ0v) is 19.6. The van der Waals surface area contributed by atoms with Crippen molar-refractivity contribution in [2.24, 2.45) is 5.92 Å². The Kier molecular flexibility index (Phi) is 6.78. The number of nitrogens with zero attached hydrogens (tertiary/aromatic N) is 3. The lowest BCUT2D eigenvalue weighted by atomic mass is 9.85. The van der Waals surface area contributed by atoms with Crippen LogP contribution in [0.4, 0.5) is 4.79 Å². The van der Waals surface area contributed by atoms with Crippen molar-refractivity contribution in [3.05, 3.63) is 27.9 Å². The number of amides is 2. The van der Waals surface area contributed by atoms with Gasteiger partial charge in [0.2, 0.25) is 0 Å². The number of piperidine rings is 2. The summed E-state index contributed by atoms with van der Waals surface area (Å²) >= 11 is 1.60. The number of fused-ring (bicyclic) bond motifs is 1. The highest BCUT2D eigenvalue weighted by molar-refractivity contribution is 7.09. The molecule has 32 heavy (non-hydrogen) atoms. The van der Waals surface area contributed by atoms with Gasteiger partial charge < -0.3 is 15.1 Å². The highest BCUT2D eigenvalue weighted by Gasteiger charge is 2.33. The molecule has 7 nitrogen and oxygen atoms in total. The maximum Gasteiger partial charge on any atom is 0.426 e. The number of hydrogen-bond donors (Lipinski definition) is 1. The van der Waals surface area contributed by atoms with Crippen LogP contribution < -0.4 is 5.32 Å². The second kappa shape index (κ2) is 9.91. The molecule has 8 heteroatoms. The maximum absolute atomic E-state index is 13.2. The zero-order valence-electron chi connectivity index (χ0n) is 18.8. The molecule has 2 aliphatic carbocycles. The summed E-state index contributed by atoms with van der Waals surface area (Å²) in [5.41, 5.74) is 1.83. The second-order valence-corrected chi connectivity index (χ2v) is 10.5. The van der Waals surface area contributed by atoms with E-state index in [0.29, 0.717) is 30.6 Å². The third-order valence-electron chi connectivity index (χ3n) is 7.45. The lowest BCUT2D eigenvalue weighted by Crippen LogP contribution is -2.41. The van der Waals surface area contributed by atoms with Crippen LogP contribution in [0.25, 0.3) is 0 Å². The van der Waals surface area contributed by atoms with Crippen molar-refractivity contribution in [1.82, 2.24) is 20.3 Å². The van der Waals surface area contributed by atoms with E-state index in [9.17, 15) is 9.59 Å². The number of allylic oxidation sites excluding steroid dienone is 2. The van der Waals surface area contributed by atoms with Gasteiger partial charge in [0.05, 0.1) is 5.01 Å². The fraction of sp³-hybridized carbons (Fsp3) is 0.708. The van der Waals surface area contributed by atoms with Gasteiger partial charge in [0.1, 0.15) is 5.69 Å². The molecule has 0 spiro atoms. The van der Waals surface area contributed by atoms with Crippen LogP contribution in [0.2, 0.25) is 0 Å². The fourth-order valence-electron chi connectivity index (χ4n) is 5.68. The van der Waals surface area contributed by atoms with Crippen LogP contribution in [0.5, 0.6) is 0 Å². The summed E-state index contributed by atoms with van der Waals surface area (Å²) in [6, 6.07) is 0.269. The van der Waals surface area contributed by atoms with E-state index in [1.165, 1.54) is 37.8 Å². The molecule has 0 bridgehead atoms. The number of nitrogens with one attached hydrogen (secondary N) is 1. The monoisotopic (exact) mass is 458 g/mol. The van der Waals surface area contributed by atoms with Crippen molar-refractivity contribution >= 4 is 23.3 Å². The van der Waals surface area contributed by atoms with E-state index >= 15 is 0 Å². The Morgan fingerprint density at radius 3 is 2.56 bits per heavy atom. The second-order valence-electron chi connectivity index (χ2n) is 9.63. The number of hydroxylamine groups is 2. The molecule has 5 rings (SSSR count). The molecule has 0 aromatic carbocycles. The quantitative estimate of drug-likeness (QED) is 0.700. The first kappa shape index (κ1) is 21.9. The minimum Gasteiger partial charge on any atom is -0.351 e. The molecular weight excluding hydrogens is 424 g/mol. The van der Waals surface area contributed by atoms with E-state index in [-0.39, 0.29) is 18.0 Å². The van der Waals surface area contributed by atoms with Crippen molar-refractivity contribution in [3.8, 4) is 0 Å². The molecule has 0 radical (unpaired) electrons. The predicted molar refractivity (Wildman–Crippen MR) is 123 cm³/mol. The molecule has 1 N–H and O–H groups in total. The summed E-state index contributed by atoms with van der Waals surface area (Å²) in [5.74, 6) is 0.937. The van der Waals surface area contributed by atoms with Gasteiger partial charge in [0.15, 0.2) is 0 Å². The molecule has 2 saturated heterocycles. The van der Waals surface area contributed by atoms with Gasteiger partial charge in [0.25, 0.3) is 5.91 Å². The normalized spacial score (nSPS) is 25.3. The Labute approximate surface area is 194 Å². The van der Waals surface area contributed by atoms with E-state index in [4.69, 9.17) is 9.82 Å². The lowest BCUT2D eigenvalue weighted by molar-refractivity contribution is -0.114. The van der Waals surface area contributed by atoms with Gasteiger partial charge in [-0.3, -0.25) is 4.79 Å². The molecule has 1 aromatic heterocycles. The third kappa shape index (κ3) is 4.86. The molecular formula is C24H34N4O3S. The first-order valence-electron chi connectivity index (χ1n) is 12.4. The van der Waals surface area contributed by atoms with E-state index < -0.39 is 0 Å². The summed E-state index contributed by atoms with van der Waals surface area (Å²) in [5, 5.41) is 7.71. The Hall–Kier alpha value is -1.93. The first-order chi connectivity index (χ1) is 15.7. The summed E-state index contributed by atoms with van der Waals surface area (Å²) in [7, 11) is 0. The topological polar surface area (TPSA) is 74.8 Å². The summed E-state index contributed by atoms with van der Waals surface area (Å²) in [6.45, 7) is 2.21. The number of carbonyl (C=O) groups is 2. The molecule has 174 valence electrons. The van der Waals surface area contributed by atoms with Crippen molar-refractivity contribution in [2.75, 3.05) is 19.6 Å². The summed E-state index contributed by atoms with van der Waals surface area (Å²) in [4.78, 5) is 37.6. The van der Waals surface area contributed by atoms with Crippen molar-refractivity contribution in [3.63, 3.8) is 0 Å². The van der Waals surface area contributed by atoms with Crippen LogP contribution in [0.3, 0.4) is 0 Å². The molecule has 2 aliphatic heterocycles. The summed E-state index contributed by atoms with van der Waals surface area (Å²) < 4.78 is 0. The van der Waals surface area contributed by atoms with E-state index in [1.54, 1.807) is 16.4 Å². The standard InChI is InChI=1S/C24H34N4O3S/c29-23(28-13-5-7-17-6-1-4-10-21(17)28)20-16-32-22(26-20)18-11-14-27(15-12-18)31-24(30)25-19-8-2-3-9-19/h10,16-19H,1-9,11-15H2,(H,25,30). The highest BCUT2D eigenvalue weighted by Crippen LogP contribution is 2.36. The smallest absolute Gasteiger partial charge is 0.351 e. The van der Waals surface area contributed by atoms with Gasteiger partial charge in [-0.15, -0.1) is 16.4 Å². The number of likely N-dealkylation sites (tertiary alicyclic amines) is 1. The molecule has 3 fully saturated rings. The molecule has 3 heterocycles. The molecule has 2 amide bonds. The van der Waals surface area contributed by atoms with Crippen LogP contribution in [-0.4, -0.2) is 52.6 Å². The van der Waals surface area contributed by atoms with E-state index in [1.807, 2.05) is 10.3 Å². The summed E-state index contributed by atoms with van der Waals surface area (Å²) in [6.07, 6.45) is 14.0. The van der Waals surface area contributed by atoms with Crippen LogP contribution in [0, 0.1) is 5.92 Å². The average molecular weight is 459 g/mol. The Balaban J connectivity index is 1.14. The molecule has 1 atom stereocenters. The van der Waals surface area contributed by atoms with Crippen molar-refractivity contribution < 1.29 is 14.4 Å². The Bertz CT molecular complexity index is 855. The number of aromatic nitrogens is 1. The van der Waals surface area contributed by atoms with Crippen LogP contribution >= 0.6 is 11.3 Å². The number of hydrogen-bond acceptors (Lipinski definition) is 6. The van der Waals surface area contributed by atoms with E-state index in [2.05, 4.69) is 11.4 Å². The Morgan fingerprint density at radius 2 is 1.75 bits per heavy atom. The van der Waals surface area contributed by atoms with Gasteiger partial charge in [-0.2, -0.15) is 0 Å². The van der Waals surface area contributed by atoms with E-state index in [0.717, 1.165) is 50.1 Å². The molecule has 1 saturated carbocycles. The predicted octanol–water partition coefficient (Wildman–Crippen LogP) is 4.83. The number of rotatable bonds is 4. The minimum atomic E-state index is -0.325. The Morgan fingerprint density at radius 1 is 0.969 bits per heavy atom. The maximum atomic E-state index is 13.2. The van der Waals surface area contributed by atoms with Crippen molar-refractivity contribution in [1.29, 1.82) is 0 Å². The van der Waals surface area contributed by atoms with Gasteiger partial charge in [-0.1, -0.05) is 18.9 Å². The lowest BCUT2D eigenvalue weighted by Gasteiger charge is -2.37. The molecule has 1 aromatic rings. The van der Waals surface area contributed by atoms with Gasteiger partial charge in [-0.05, 0) is 63.7 Å². The fourth-order valence-corrected chi connectivity index (χ4v) is 6.65. The molecule has 1 unspecified atom stereocenters. The average Bonchev–Trinajstić information content (AvgIpc) is 3.51. The number of carbonyl (C=O) groups excluding carboxylic acids is 2. The molecule has 4 aliphatic rings. The third-order valence-corrected chi connectivity index (χ3v) is 8.46. The number of thiazole rings is 1. The zero-order chi connectivity index (χ0) is 21.9. The van der Waals surface area contributed by atoms with Crippen LogP contribution in [0.15, 0.2) is 17.2 Å². The van der Waals surface area contributed by atoms with Gasteiger partial charge >= 0.3 is 6.09 Å². The minimum absolute atomic E-state index is 0.0645. The first-order valence-corrected chi connectivity index (χ1v) is 13.3. The van der Waals surface area contributed by atoms with Crippen molar-refractivity contribution in [2.45, 2.75) is 82.6 Å². The SMILES string of the molecule is O=C(NC1CCCC1)ON1CCC(c2nc(C(=O)N3CCCC4CCCC=C43)cs2)CC1. The van der Waals surface area contributed by atoms with Crippen LogP contribution in [-0.2, 0) is 4.84 Å². The van der Waals surface area contributed by atoms with Gasteiger partial charge in [-0.25, -0.2) is 9.78 Å².